The Balaban J connectivity index is 0.000000324. The zero-order valence-electron chi connectivity index (χ0n) is 24.6. The number of aromatic hydroxyl groups is 1. The highest BCUT2D eigenvalue weighted by Crippen LogP contribution is 2.31. The lowest BCUT2D eigenvalue weighted by molar-refractivity contribution is 0.268. The Kier molecular flexibility index (Phi) is 17.1. The van der Waals surface area contributed by atoms with E-state index in [-0.39, 0.29) is 42.3 Å². The standard InChI is InChI=1S/C12H14INO2.C10H13IO2.C9H9NO3S/c1-8-5-10(9(2)7-15)12(6-11(8)13)16-4-3-14;1-6-3-8(7(2)5-12)10(13)4-9(6)11;1-8-2-4-9(5-3-8)14(11,12)13-7-6-10/h5-6,9,15H,4,7H2,1-2H3;3-4,7,12-13H,5H2,1-2H3;2-5H,7H2,1H3. The fourth-order valence-electron chi connectivity index (χ4n) is 3.47. The van der Waals surface area contributed by atoms with E-state index in [2.05, 4.69) is 49.4 Å². The van der Waals surface area contributed by atoms with Crippen molar-refractivity contribution in [3.63, 3.8) is 0 Å². The number of nitriles is 2. The Morgan fingerprint density at radius 1 is 0.814 bits per heavy atom. The van der Waals surface area contributed by atoms with Gasteiger partial charge in [-0.2, -0.15) is 18.9 Å². The first kappa shape index (κ1) is 38.6. The van der Waals surface area contributed by atoms with Gasteiger partial charge in [-0.05, 0) is 112 Å². The molecule has 0 bridgehead atoms. The summed E-state index contributed by atoms with van der Waals surface area (Å²) in [7, 11) is -3.76. The normalized spacial score (nSPS) is 11.9. The molecule has 0 amide bonds. The molecule has 0 radical (unpaired) electrons. The van der Waals surface area contributed by atoms with Crippen LogP contribution >= 0.6 is 45.2 Å². The second kappa shape index (κ2) is 19.0. The highest BCUT2D eigenvalue weighted by atomic mass is 127. The van der Waals surface area contributed by atoms with E-state index >= 15 is 0 Å². The molecule has 0 aliphatic heterocycles. The van der Waals surface area contributed by atoms with Gasteiger partial charge in [-0.1, -0.05) is 43.7 Å². The third-order valence-corrected chi connectivity index (χ3v) is 9.69. The zero-order valence-corrected chi connectivity index (χ0v) is 29.8. The van der Waals surface area contributed by atoms with Gasteiger partial charge in [0.25, 0.3) is 10.1 Å². The minimum atomic E-state index is -3.76. The first-order chi connectivity index (χ1) is 20.2. The van der Waals surface area contributed by atoms with Crippen LogP contribution in [0.15, 0.2) is 53.4 Å². The van der Waals surface area contributed by atoms with Crippen LogP contribution in [0.3, 0.4) is 0 Å². The molecule has 9 nitrogen and oxygen atoms in total. The predicted octanol–water partition coefficient (Wildman–Crippen LogP) is 6.22. The number of hydrogen-bond donors (Lipinski definition) is 3. The molecule has 3 aromatic carbocycles. The minimum absolute atomic E-state index is 0.00398. The second-order valence-corrected chi connectivity index (χ2v) is 13.5. The molecule has 2 unspecified atom stereocenters. The minimum Gasteiger partial charge on any atom is -0.508 e. The topological polar surface area (TPSA) is 161 Å². The summed E-state index contributed by atoms with van der Waals surface area (Å²) in [6, 6.07) is 17.4. The molecule has 3 rings (SSSR count). The van der Waals surface area contributed by atoms with Crippen LogP contribution in [-0.4, -0.2) is 50.2 Å². The molecule has 232 valence electrons. The fraction of sp³-hybridized carbons (Fsp3) is 0.355. The van der Waals surface area contributed by atoms with Crippen LogP contribution in [0.2, 0.25) is 0 Å². The molecule has 2 atom stereocenters. The lowest BCUT2D eigenvalue weighted by Crippen LogP contribution is -2.06. The summed E-state index contributed by atoms with van der Waals surface area (Å²) in [5.74, 6) is 0.981. The van der Waals surface area contributed by atoms with E-state index < -0.39 is 16.7 Å². The molecule has 0 saturated carbocycles. The quantitative estimate of drug-likeness (QED) is 0.168. The summed E-state index contributed by atoms with van der Waals surface area (Å²) < 4.78 is 34.6. The van der Waals surface area contributed by atoms with Crippen LogP contribution in [0.1, 0.15) is 53.5 Å². The highest BCUT2D eigenvalue weighted by Gasteiger charge is 2.15. The molecule has 0 fully saturated rings. The Bertz CT molecular complexity index is 1530. The van der Waals surface area contributed by atoms with Crippen LogP contribution in [0.25, 0.3) is 0 Å². The van der Waals surface area contributed by atoms with Gasteiger partial charge >= 0.3 is 0 Å². The molecular weight excluding hydrogens is 798 g/mol. The summed E-state index contributed by atoms with van der Waals surface area (Å²) in [5.41, 5.74) is 5.02. The molecule has 0 heterocycles. The van der Waals surface area contributed by atoms with Gasteiger partial charge in [0.05, 0.1) is 11.0 Å². The number of phenolic OH excluding ortho intramolecular Hbond substituents is 1. The molecule has 0 spiro atoms. The van der Waals surface area contributed by atoms with E-state index in [0.29, 0.717) is 5.75 Å². The first-order valence-corrected chi connectivity index (χ1v) is 16.6. The Hall–Kier alpha value is -2.47. The highest BCUT2D eigenvalue weighted by molar-refractivity contribution is 14.1. The molecule has 0 aliphatic carbocycles. The van der Waals surface area contributed by atoms with E-state index in [1.54, 1.807) is 24.3 Å². The maximum Gasteiger partial charge on any atom is 0.297 e. The van der Waals surface area contributed by atoms with Gasteiger partial charge in [0.1, 0.15) is 17.6 Å². The van der Waals surface area contributed by atoms with Crippen molar-refractivity contribution >= 4 is 55.3 Å². The van der Waals surface area contributed by atoms with Crippen LogP contribution in [-0.2, 0) is 14.3 Å². The molecule has 12 heteroatoms. The van der Waals surface area contributed by atoms with Crippen LogP contribution in [0, 0.1) is 50.6 Å². The molecule has 3 N–H and O–H groups in total. The maximum atomic E-state index is 11.3. The third-order valence-electron chi connectivity index (χ3n) is 6.09. The Morgan fingerprint density at radius 3 is 1.81 bits per heavy atom. The number of aryl methyl sites for hydroxylation is 3. The van der Waals surface area contributed by atoms with Gasteiger partial charge in [0.2, 0.25) is 0 Å². The van der Waals surface area contributed by atoms with E-state index in [9.17, 15) is 18.6 Å². The molecular formula is C31H36I2N2O7S. The summed E-state index contributed by atoms with van der Waals surface area (Å²) in [5, 5.41) is 44.4. The lowest BCUT2D eigenvalue weighted by atomic mass is 9.99. The summed E-state index contributed by atoms with van der Waals surface area (Å²) in [6.07, 6.45) is 0. The van der Waals surface area contributed by atoms with E-state index in [1.807, 2.05) is 58.9 Å². The van der Waals surface area contributed by atoms with Crippen LogP contribution < -0.4 is 4.74 Å². The molecule has 3 aromatic rings. The van der Waals surface area contributed by atoms with Crippen molar-refractivity contribution in [3.05, 3.63) is 83.5 Å². The summed E-state index contributed by atoms with van der Waals surface area (Å²) in [4.78, 5) is 0.0679. The first-order valence-electron chi connectivity index (χ1n) is 13.1. The average molecular weight is 835 g/mol. The number of rotatable bonds is 9. The van der Waals surface area contributed by atoms with Gasteiger partial charge in [0.15, 0.2) is 13.2 Å². The number of aliphatic hydroxyl groups is 2. The summed E-state index contributed by atoms with van der Waals surface area (Å²) >= 11 is 4.41. The number of halogens is 2. The number of phenols is 1. The largest absolute Gasteiger partial charge is 0.508 e. The van der Waals surface area contributed by atoms with E-state index in [1.165, 1.54) is 12.1 Å². The molecule has 0 aromatic heterocycles. The Labute approximate surface area is 281 Å². The van der Waals surface area contributed by atoms with Crippen molar-refractivity contribution in [2.24, 2.45) is 0 Å². The summed E-state index contributed by atoms with van der Waals surface area (Å²) in [6.45, 7) is 9.39. The zero-order chi connectivity index (χ0) is 32.7. The monoisotopic (exact) mass is 834 g/mol. The van der Waals surface area contributed by atoms with E-state index in [0.717, 1.165) is 35.0 Å². The predicted molar refractivity (Wildman–Crippen MR) is 181 cm³/mol. The molecule has 43 heavy (non-hydrogen) atoms. The second-order valence-electron chi connectivity index (χ2n) is 9.60. The number of ether oxygens (including phenoxy) is 1. The van der Waals surface area contributed by atoms with Crippen LogP contribution in [0.5, 0.6) is 11.5 Å². The smallest absolute Gasteiger partial charge is 0.297 e. The van der Waals surface area contributed by atoms with Crippen molar-refractivity contribution in [1.29, 1.82) is 10.5 Å². The van der Waals surface area contributed by atoms with Gasteiger partial charge in [-0.15, -0.1) is 0 Å². The van der Waals surface area contributed by atoms with Crippen molar-refractivity contribution in [3.8, 4) is 23.6 Å². The average Bonchev–Trinajstić information content (AvgIpc) is 2.98. The van der Waals surface area contributed by atoms with Crippen molar-refractivity contribution in [2.45, 2.75) is 51.3 Å². The number of aliphatic hydroxyl groups excluding tert-OH is 2. The van der Waals surface area contributed by atoms with Gasteiger partial charge in [0, 0.05) is 32.2 Å². The van der Waals surface area contributed by atoms with Crippen molar-refractivity contribution in [1.82, 2.24) is 0 Å². The van der Waals surface area contributed by atoms with Gasteiger partial charge < -0.3 is 20.1 Å². The fourth-order valence-corrected chi connectivity index (χ4v) is 5.17. The number of hydrogen-bond acceptors (Lipinski definition) is 9. The Morgan fingerprint density at radius 2 is 1.30 bits per heavy atom. The van der Waals surface area contributed by atoms with Crippen molar-refractivity contribution in [2.75, 3.05) is 26.4 Å². The lowest BCUT2D eigenvalue weighted by Gasteiger charge is -2.16. The number of benzene rings is 3. The third kappa shape index (κ3) is 12.6. The SMILES string of the molecule is Cc1cc(C(C)CO)c(O)cc1I.Cc1cc(C(C)CO)c(OCC#N)cc1I.Cc1ccc(S(=O)(=O)OCC#N)cc1. The van der Waals surface area contributed by atoms with Gasteiger partial charge in [-0.25, -0.2) is 0 Å². The van der Waals surface area contributed by atoms with Gasteiger partial charge in [-0.3, -0.25) is 4.18 Å². The molecule has 0 saturated heterocycles. The maximum absolute atomic E-state index is 11.3. The van der Waals surface area contributed by atoms with E-state index in [4.69, 9.17) is 20.4 Å². The van der Waals surface area contributed by atoms with Crippen LogP contribution in [0.4, 0.5) is 0 Å². The van der Waals surface area contributed by atoms with Crippen molar-refractivity contribution < 1.29 is 32.7 Å². The molecule has 0 aliphatic rings. The number of nitrogens with zero attached hydrogens (tertiary/aromatic N) is 2.